The van der Waals surface area contributed by atoms with Crippen molar-refractivity contribution in [3.8, 4) is 0 Å². The molecule has 1 saturated heterocycles. The monoisotopic (exact) mass is 258 g/mol. The van der Waals surface area contributed by atoms with Crippen LogP contribution < -0.4 is 5.73 Å². The molecule has 1 aromatic rings. The number of thioether (sulfide) groups is 1. The second-order valence-corrected chi connectivity index (χ2v) is 5.01. The second kappa shape index (κ2) is 6.50. The minimum absolute atomic E-state index is 0. The van der Waals surface area contributed by atoms with Crippen molar-refractivity contribution in [3.63, 3.8) is 0 Å². The third kappa shape index (κ3) is 3.67. The molecular weight excluding hydrogens is 240 g/mol. The van der Waals surface area contributed by atoms with Crippen LogP contribution in [0.15, 0.2) is 29.2 Å². The fraction of sp³-hybridized carbons (Fsp3) is 0.500. The summed E-state index contributed by atoms with van der Waals surface area (Å²) in [6.45, 7) is 3.23. The van der Waals surface area contributed by atoms with Gasteiger partial charge in [0.25, 0.3) is 0 Å². The van der Waals surface area contributed by atoms with E-state index >= 15 is 0 Å². The van der Waals surface area contributed by atoms with Crippen molar-refractivity contribution in [3.05, 3.63) is 29.8 Å². The smallest absolute Gasteiger partial charge is 0.0234 e. The van der Waals surface area contributed by atoms with E-state index in [2.05, 4.69) is 35.4 Å². The van der Waals surface area contributed by atoms with E-state index in [1.54, 1.807) is 11.8 Å². The summed E-state index contributed by atoms with van der Waals surface area (Å²) in [5, 5.41) is 0. The van der Waals surface area contributed by atoms with Gasteiger partial charge in [0.05, 0.1) is 0 Å². The predicted molar refractivity (Wildman–Crippen MR) is 73.3 cm³/mol. The molecule has 1 aliphatic heterocycles. The maximum absolute atomic E-state index is 5.88. The van der Waals surface area contributed by atoms with E-state index in [1.807, 2.05) is 0 Å². The molecule has 2 nitrogen and oxygen atoms in total. The fourth-order valence-electron chi connectivity index (χ4n) is 2.00. The Morgan fingerprint density at radius 3 is 2.56 bits per heavy atom. The van der Waals surface area contributed by atoms with E-state index in [0.717, 1.165) is 26.1 Å². The molecule has 2 N–H and O–H groups in total. The molecular formula is C12H19ClN2S. The molecule has 1 heterocycles. The number of nitrogens with two attached hydrogens (primary N) is 1. The van der Waals surface area contributed by atoms with Crippen molar-refractivity contribution < 1.29 is 0 Å². The Kier molecular flexibility index (Phi) is 5.62. The zero-order valence-electron chi connectivity index (χ0n) is 9.56. The Morgan fingerprint density at radius 1 is 1.38 bits per heavy atom. The normalized spacial score (nSPS) is 20.8. The zero-order chi connectivity index (χ0) is 10.7. The molecule has 0 radical (unpaired) electrons. The minimum atomic E-state index is 0. The van der Waals surface area contributed by atoms with Crippen LogP contribution in [0.25, 0.3) is 0 Å². The summed E-state index contributed by atoms with van der Waals surface area (Å²) in [7, 11) is 0. The highest BCUT2D eigenvalue weighted by Gasteiger charge is 2.18. The third-order valence-corrected chi connectivity index (χ3v) is 3.62. The molecule has 1 aliphatic rings. The quantitative estimate of drug-likeness (QED) is 0.844. The van der Waals surface area contributed by atoms with Crippen molar-refractivity contribution in [2.24, 2.45) is 5.73 Å². The van der Waals surface area contributed by atoms with Gasteiger partial charge in [-0.3, -0.25) is 4.90 Å². The highest BCUT2D eigenvalue weighted by Crippen LogP contribution is 2.17. The summed E-state index contributed by atoms with van der Waals surface area (Å²) in [6.07, 6.45) is 3.25. The number of rotatable bonds is 3. The van der Waals surface area contributed by atoms with E-state index in [1.165, 1.54) is 10.5 Å². The molecule has 0 amide bonds. The van der Waals surface area contributed by atoms with Gasteiger partial charge >= 0.3 is 0 Å². The van der Waals surface area contributed by atoms with E-state index < -0.39 is 0 Å². The van der Waals surface area contributed by atoms with Crippen molar-refractivity contribution in [2.45, 2.75) is 23.9 Å². The summed E-state index contributed by atoms with van der Waals surface area (Å²) < 4.78 is 0. The molecule has 1 unspecified atom stereocenters. The molecule has 90 valence electrons. The molecule has 0 aromatic heterocycles. The Hall–Kier alpha value is -0.220. The first-order valence-corrected chi connectivity index (χ1v) is 6.61. The average Bonchev–Trinajstić information content (AvgIpc) is 2.65. The van der Waals surface area contributed by atoms with Crippen LogP contribution in [0.4, 0.5) is 0 Å². The summed E-state index contributed by atoms with van der Waals surface area (Å²) in [5.41, 5.74) is 7.27. The summed E-state index contributed by atoms with van der Waals surface area (Å²) in [5.74, 6) is 0. The largest absolute Gasteiger partial charge is 0.326 e. The number of benzene rings is 1. The Bertz CT molecular complexity index is 315. The van der Waals surface area contributed by atoms with Gasteiger partial charge in [0.2, 0.25) is 0 Å². The van der Waals surface area contributed by atoms with Gasteiger partial charge in [-0.1, -0.05) is 12.1 Å². The Labute approximate surface area is 108 Å². The Balaban J connectivity index is 0.00000128. The number of nitrogens with zero attached hydrogens (tertiary/aromatic N) is 1. The number of likely N-dealkylation sites (tertiary alicyclic amines) is 1. The molecule has 2 rings (SSSR count). The number of hydrogen-bond donors (Lipinski definition) is 1. The van der Waals surface area contributed by atoms with E-state index in [-0.39, 0.29) is 12.4 Å². The maximum Gasteiger partial charge on any atom is 0.0234 e. The van der Waals surface area contributed by atoms with E-state index in [9.17, 15) is 0 Å². The van der Waals surface area contributed by atoms with Gasteiger partial charge in [0.1, 0.15) is 0 Å². The minimum Gasteiger partial charge on any atom is -0.326 e. The number of hydrogen-bond acceptors (Lipinski definition) is 3. The zero-order valence-corrected chi connectivity index (χ0v) is 11.2. The lowest BCUT2D eigenvalue weighted by Gasteiger charge is -2.15. The van der Waals surface area contributed by atoms with Crippen molar-refractivity contribution in [1.29, 1.82) is 0 Å². The molecule has 0 saturated carbocycles. The average molecular weight is 259 g/mol. The molecule has 1 aromatic carbocycles. The van der Waals surface area contributed by atoms with Crippen molar-refractivity contribution >= 4 is 24.2 Å². The number of halogens is 1. The fourth-order valence-corrected chi connectivity index (χ4v) is 2.40. The summed E-state index contributed by atoms with van der Waals surface area (Å²) in [4.78, 5) is 3.76. The highest BCUT2D eigenvalue weighted by atomic mass is 35.5. The van der Waals surface area contributed by atoms with E-state index in [0.29, 0.717) is 6.04 Å². The SMILES string of the molecule is CSc1ccc(CN2CCC(N)C2)cc1.Cl. The molecule has 1 atom stereocenters. The third-order valence-electron chi connectivity index (χ3n) is 2.87. The Morgan fingerprint density at radius 2 is 2.06 bits per heavy atom. The molecule has 16 heavy (non-hydrogen) atoms. The van der Waals surface area contributed by atoms with E-state index in [4.69, 9.17) is 5.73 Å². The molecule has 1 fully saturated rings. The lowest BCUT2D eigenvalue weighted by Crippen LogP contribution is -2.26. The first kappa shape index (κ1) is 13.8. The van der Waals surface area contributed by atoms with Crippen LogP contribution in [0.1, 0.15) is 12.0 Å². The van der Waals surface area contributed by atoms with Crippen LogP contribution in [0.2, 0.25) is 0 Å². The van der Waals surface area contributed by atoms with Crippen LogP contribution in [0.5, 0.6) is 0 Å². The predicted octanol–water partition coefficient (Wildman–Crippen LogP) is 2.36. The second-order valence-electron chi connectivity index (χ2n) is 4.13. The lowest BCUT2D eigenvalue weighted by atomic mass is 10.2. The van der Waals surface area contributed by atoms with Crippen LogP contribution in [-0.2, 0) is 6.54 Å². The molecule has 4 heteroatoms. The van der Waals surface area contributed by atoms with Gasteiger partial charge in [-0.25, -0.2) is 0 Å². The topological polar surface area (TPSA) is 29.3 Å². The van der Waals surface area contributed by atoms with Crippen molar-refractivity contribution in [1.82, 2.24) is 4.90 Å². The molecule has 0 aliphatic carbocycles. The van der Waals surface area contributed by atoms with Gasteiger partial charge in [-0.15, -0.1) is 24.2 Å². The lowest BCUT2D eigenvalue weighted by molar-refractivity contribution is 0.327. The molecule has 0 bridgehead atoms. The summed E-state index contributed by atoms with van der Waals surface area (Å²) in [6, 6.07) is 9.20. The van der Waals surface area contributed by atoms with Crippen molar-refractivity contribution in [2.75, 3.05) is 19.3 Å². The van der Waals surface area contributed by atoms with Gasteiger partial charge in [-0.05, 0) is 30.4 Å². The van der Waals surface area contributed by atoms with Crippen LogP contribution in [0, 0.1) is 0 Å². The highest BCUT2D eigenvalue weighted by molar-refractivity contribution is 7.98. The van der Waals surface area contributed by atoms with Gasteiger partial charge in [0, 0.05) is 30.6 Å². The first-order valence-electron chi connectivity index (χ1n) is 5.39. The van der Waals surface area contributed by atoms with Crippen LogP contribution in [-0.4, -0.2) is 30.3 Å². The molecule has 0 spiro atoms. The first-order chi connectivity index (χ1) is 7.28. The van der Waals surface area contributed by atoms with Crippen LogP contribution in [0.3, 0.4) is 0 Å². The van der Waals surface area contributed by atoms with Crippen LogP contribution >= 0.6 is 24.2 Å². The standard InChI is InChI=1S/C12H18N2S.ClH/c1-15-12-4-2-10(3-5-12)8-14-7-6-11(13)9-14;/h2-5,11H,6-9,13H2,1H3;1H. The summed E-state index contributed by atoms with van der Waals surface area (Å²) >= 11 is 1.79. The van der Waals surface area contributed by atoms with Gasteiger partial charge < -0.3 is 5.73 Å². The van der Waals surface area contributed by atoms with Gasteiger partial charge in [-0.2, -0.15) is 0 Å². The van der Waals surface area contributed by atoms with Gasteiger partial charge in [0.15, 0.2) is 0 Å². The maximum atomic E-state index is 5.88.